The normalized spacial score (nSPS) is 16.9. The van der Waals surface area contributed by atoms with Crippen LogP contribution in [0.2, 0.25) is 0 Å². The van der Waals surface area contributed by atoms with Gasteiger partial charge >= 0.3 is 0 Å². The summed E-state index contributed by atoms with van der Waals surface area (Å²) in [4.78, 5) is 8.88. The van der Waals surface area contributed by atoms with Crippen LogP contribution < -0.4 is 5.32 Å². The van der Waals surface area contributed by atoms with Crippen molar-refractivity contribution in [2.24, 2.45) is 0 Å². The third-order valence-electron chi connectivity index (χ3n) is 3.25. The van der Waals surface area contributed by atoms with Gasteiger partial charge in [-0.1, -0.05) is 11.2 Å². The molecule has 1 aliphatic heterocycles. The highest BCUT2D eigenvalue weighted by molar-refractivity contribution is 5.48. The lowest BCUT2D eigenvalue weighted by Crippen LogP contribution is -2.26. The lowest BCUT2D eigenvalue weighted by molar-refractivity contribution is 0.320. The molecule has 0 amide bonds. The van der Waals surface area contributed by atoms with E-state index < -0.39 is 0 Å². The summed E-state index contributed by atoms with van der Waals surface area (Å²) in [6, 6.07) is 5.82. The summed E-state index contributed by atoms with van der Waals surface area (Å²) >= 11 is 0. The van der Waals surface area contributed by atoms with Crippen molar-refractivity contribution < 1.29 is 4.52 Å². The van der Waals surface area contributed by atoms with Crippen molar-refractivity contribution in [2.45, 2.75) is 25.7 Å². The van der Waals surface area contributed by atoms with Crippen LogP contribution in [0.1, 0.15) is 30.3 Å². The highest BCUT2D eigenvalue weighted by Crippen LogP contribution is 2.25. The molecule has 0 saturated carbocycles. The molecule has 18 heavy (non-hydrogen) atoms. The second-order valence-electron chi connectivity index (χ2n) is 4.64. The molecule has 0 spiro atoms. The monoisotopic (exact) mass is 244 g/mol. The zero-order chi connectivity index (χ0) is 12.4. The van der Waals surface area contributed by atoms with Gasteiger partial charge in [0.05, 0.1) is 0 Å². The van der Waals surface area contributed by atoms with Gasteiger partial charge in [0.1, 0.15) is 5.69 Å². The van der Waals surface area contributed by atoms with Crippen molar-refractivity contribution in [3.63, 3.8) is 0 Å². The van der Waals surface area contributed by atoms with Crippen molar-refractivity contribution in [1.82, 2.24) is 20.4 Å². The summed E-state index contributed by atoms with van der Waals surface area (Å²) in [5.74, 6) is 1.72. The van der Waals surface area contributed by atoms with Gasteiger partial charge in [-0.05, 0) is 45.0 Å². The van der Waals surface area contributed by atoms with Gasteiger partial charge in [-0.25, -0.2) is 4.98 Å². The summed E-state index contributed by atoms with van der Waals surface area (Å²) in [7, 11) is 0. The second-order valence-corrected chi connectivity index (χ2v) is 4.64. The Hall–Kier alpha value is -1.75. The van der Waals surface area contributed by atoms with Crippen molar-refractivity contribution in [3.05, 3.63) is 29.8 Å². The molecule has 0 unspecified atom stereocenters. The molecule has 1 aliphatic rings. The summed E-state index contributed by atoms with van der Waals surface area (Å²) in [6.45, 7) is 3.99. The van der Waals surface area contributed by atoms with Crippen molar-refractivity contribution in [1.29, 1.82) is 0 Å². The molecule has 0 radical (unpaired) electrons. The van der Waals surface area contributed by atoms with Gasteiger partial charge in [-0.2, -0.15) is 4.98 Å². The summed E-state index contributed by atoms with van der Waals surface area (Å²) < 4.78 is 5.37. The molecule has 2 aromatic rings. The van der Waals surface area contributed by atoms with Gasteiger partial charge in [-0.15, -0.1) is 0 Å². The number of rotatable bonds is 2. The van der Waals surface area contributed by atoms with Gasteiger partial charge in [0, 0.05) is 11.6 Å². The molecule has 3 heterocycles. The van der Waals surface area contributed by atoms with E-state index in [-0.39, 0.29) is 0 Å². The van der Waals surface area contributed by atoms with E-state index in [1.165, 1.54) is 0 Å². The minimum atomic E-state index is 0.386. The Kier molecular flexibility index (Phi) is 3.06. The van der Waals surface area contributed by atoms with E-state index >= 15 is 0 Å². The topological polar surface area (TPSA) is 63.8 Å². The Labute approximate surface area is 106 Å². The van der Waals surface area contributed by atoms with E-state index in [0.717, 1.165) is 43.2 Å². The van der Waals surface area contributed by atoms with Gasteiger partial charge in [0.2, 0.25) is 11.7 Å². The van der Waals surface area contributed by atoms with E-state index in [2.05, 4.69) is 20.4 Å². The maximum atomic E-state index is 5.37. The van der Waals surface area contributed by atoms with Gasteiger partial charge in [0.25, 0.3) is 0 Å². The van der Waals surface area contributed by atoms with E-state index in [1.807, 2.05) is 25.1 Å². The number of aryl methyl sites for hydroxylation is 1. The Morgan fingerprint density at radius 3 is 2.83 bits per heavy atom. The average molecular weight is 244 g/mol. The lowest BCUT2D eigenvalue weighted by Gasteiger charge is -2.18. The Balaban J connectivity index is 1.84. The number of nitrogens with one attached hydrogen (secondary N) is 1. The first-order valence-electron chi connectivity index (χ1n) is 6.31. The molecular formula is C13H16N4O. The highest BCUT2D eigenvalue weighted by atomic mass is 16.5. The number of hydrogen-bond donors (Lipinski definition) is 1. The largest absolute Gasteiger partial charge is 0.339 e. The maximum Gasteiger partial charge on any atom is 0.230 e. The highest BCUT2D eigenvalue weighted by Gasteiger charge is 2.21. The van der Waals surface area contributed by atoms with Crippen LogP contribution in [0.4, 0.5) is 0 Å². The van der Waals surface area contributed by atoms with Crippen LogP contribution in [0.15, 0.2) is 22.7 Å². The molecule has 1 fully saturated rings. The molecule has 2 aromatic heterocycles. The van der Waals surface area contributed by atoms with E-state index in [9.17, 15) is 0 Å². The molecule has 0 atom stereocenters. The molecule has 1 N–H and O–H groups in total. The summed E-state index contributed by atoms with van der Waals surface area (Å²) in [5.41, 5.74) is 1.74. The van der Waals surface area contributed by atoms with Crippen molar-refractivity contribution in [2.75, 3.05) is 13.1 Å². The Morgan fingerprint density at radius 2 is 2.06 bits per heavy atom. The number of aromatic nitrogens is 3. The van der Waals surface area contributed by atoms with Gasteiger partial charge in [0.15, 0.2) is 0 Å². The molecule has 3 rings (SSSR count). The zero-order valence-corrected chi connectivity index (χ0v) is 10.4. The minimum Gasteiger partial charge on any atom is -0.339 e. The number of nitrogens with zero attached hydrogens (tertiary/aromatic N) is 3. The number of pyridine rings is 1. The molecular weight excluding hydrogens is 228 g/mol. The third kappa shape index (κ3) is 2.26. The third-order valence-corrected chi connectivity index (χ3v) is 3.25. The molecule has 1 saturated heterocycles. The fraction of sp³-hybridized carbons (Fsp3) is 0.462. The Bertz CT molecular complexity index is 531. The first kappa shape index (κ1) is 11.3. The zero-order valence-electron chi connectivity index (χ0n) is 10.4. The molecule has 0 aliphatic carbocycles. The second kappa shape index (κ2) is 4.86. The van der Waals surface area contributed by atoms with E-state index in [0.29, 0.717) is 11.7 Å². The molecule has 0 aromatic carbocycles. The van der Waals surface area contributed by atoms with E-state index in [4.69, 9.17) is 4.52 Å². The van der Waals surface area contributed by atoms with Crippen LogP contribution in [0.3, 0.4) is 0 Å². The fourth-order valence-corrected chi connectivity index (χ4v) is 2.24. The molecule has 5 nitrogen and oxygen atoms in total. The fourth-order valence-electron chi connectivity index (χ4n) is 2.24. The first-order valence-corrected chi connectivity index (χ1v) is 6.31. The maximum absolute atomic E-state index is 5.37. The summed E-state index contributed by atoms with van der Waals surface area (Å²) in [5, 5.41) is 7.36. The first-order chi connectivity index (χ1) is 8.83. The van der Waals surface area contributed by atoms with Crippen LogP contribution in [0.5, 0.6) is 0 Å². The smallest absolute Gasteiger partial charge is 0.230 e. The van der Waals surface area contributed by atoms with Gasteiger partial charge < -0.3 is 9.84 Å². The molecule has 0 bridgehead atoms. The SMILES string of the molecule is Cc1cccc(-c2noc(C3CCNCC3)n2)n1. The lowest BCUT2D eigenvalue weighted by atomic mass is 9.98. The predicted octanol–water partition coefficient (Wildman–Crippen LogP) is 1.91. The average Bonchev–Trinajstić information content (AvgIpc) is 2.89. The van der Waals surface area contributed by atoms with Gasteiger partial charge in [-0.3, -0.25) is 0 Å². The summed E-state index contributed by atoms with van der Waals surface area (Å²) in [6.07, 6.45) is 2.12. The van der Waals surface area contributed by atoms with E-state index in [1.54, 1.807) is 0 Å². The van der Waals surface area contributed by atoms with Crippen molar-refractivity contribution in [3.8, 4) is 11.5 Å². The quantitative estimate of drug-likeness (QED) is 0.874. The van der Waals surface area contributed by atoms with Crippen LogP contribution in [-0.2, 0) is 0 Å². The molecule has 94 valence electrons. The standard InChI is InChI=1S/C13H16N4O/c1-9-3-2-4-11(15-9)12-16-13(18-17-12)10-5-7-14-8-6-10/h2-4,10,14H,5-8H2,1H3. The van der Waals surface area contributed by atoms with Crippen LogP contribution >= 0.6 is 0 Å². The van der Waals surface area contributed by atoms with Crippen LogP contribution in [0, 0.1) is 6.92 Å². The number of piperidine rings is 1. The van der Waals surface area contributed by atoms with Crippen LogP contribution in [-0.4, -0.2) is 28.2 Å². The van der Waals surface area contributed by atoms with Crippen molar-refractivity contribution >= 4 is 0 Å². The molecule has 5 heteroatoms. The minimum absolute atomic E-state index is 0.386. The van der Waals surface area contributed by atoms with Crippen LogP contribution in [0.25, 0.3) is 11.5 Å². The Morgan fingerprint density at radius 1 is 1.22 bits per heavy atom. The predicted molar refractivity (Wildman–Crippen MR) is 67.1 cm³/mol. The number of hydrogen-bond acceptors (Lipinski definition) is 5.